The lowest BCUT2D eigenvalue weighted by molar-refractivity contribution is -0.121. The van der Waals surface area contributed by atoms with Crippen molar-refractivity contribution in [3.05, 3.63) is 59.1 Å². The van der Waals surface area contributed by atoms with E-state index in [4.69, 9.17) is 16.3 Å². The number of aryl methyl sites for hydroxylation is 1. The minimum Gasteiger partial charge on any atom is -0.497 e. The van der Waals surface area contributed by atoms with E-state index in [0.29, 0.717) is 35.0 Å². The van der Waals surface area contributed by atoms with Gasteiger partial charge in [-0.3, -0.25) is 9.59 Å². The Hall–Kier alpha value is -2.86. The summed E-state index contributed by atoms with van der Waals surface area (Å²) in [6, 6.07) is 14.7. The van der Waals surface area contributed by atoms with Crippen LogP contribution in [0.3, 0.4) is 0 Å². The van der Waals surface area contributed by atoms with E-state index in [-0.39, 0.29) is 18.2 Å². The molecular formula is C20H22ClN3O3. The molecule has 0 atom stereocenters. The maximum absolute atomic E-state index is 12.1. The Labute approximate surface area is 163 Å². The first-order valence-corrected chi connectivity index (χ1v) is 8.85. The van der Waals surface area contributed by atoms with E-state index in [2.05, 4.69) is 15.8 Å². The molecule has 0 radical (unpaired) electrons. The highest BCUT2D eigenvalue weighted by Gasteiger charge is 2.09. The summed E-state index contributed by atoms with van der Waals surface area (Å²) < 4.78 is 5.11. The second-order valence-electron chi connectivity index (χ2n) is 5.94. The molecule has 0 saturated carbocycles. The Kier molecular flexibility index (Phi) is 7.82. The van der Waals surface area contributed by atoms with Gasteiger partial charge in [0.2, 0.25) is 11.8 Å². The van der Waals surface area contributed by atoms with Crippen molar-refractivity contribution in [2.24, 2.45) is 5.10 Å². The molecule has 0 spiro atoms. The lowest BCUT2D eigenvalue weighted by Gasteiger charge is -2.09. The highest BCUT2D eigenvalue weighted by molar-refractivity contribution is 6.33. The third kappa shape index (κ3) is 7.11. The molecule has 2 aromatic carbocycles. The average Bonchev–Trinajstić information content (AvgIpc) is 2.67. The van der Waals surface area contributed by atoms with Gasteiger partial charge in [-0.15, -0.1) is 0 Å². The minimum atomic E-state index is -0.287. The molecule has 6 nitrogen and oxygen atoms in total. The van der Waals surface area contributed by atoms with Gasteiger partial charge in [0.15, 0.2) is 0 Å². The number of nitrogens with zero attached hydrogens (tertiary/aromatic N) is 1. The summed E-state index contributed by atoms with van der Waals surface area (Å²) in [4.78, 5) is 24.0. The quantitative estimate of drug-likeness (QED) is 0.534. The van der Waals surface area contributed by atoms with Crippen LogP contribution in [-0.4, -0.2) is 24.6 Å². The number of amides is 2. The molecule has 2 amide bonds. The molecular weight excluding hydrogens is 366 g/mol. The summed E-state index contributed by atoms with van der Waals surface area (Å²) in [5.41, 5.74) is 4.51. The fourth-order valence-electron chi connectivity index (χ4n) is 2.31. The predicted molar refractivity (Wildman–Crippen MR) is 107 cm³/mol. The molecule has 2 N–H and O–H groups in total. The average molecular weight is 388 g/mol. The van der Waals surface area contributed by atoms with Gasteiger partial charge in [-0.1, -0.05) is 41.9 Å². The number of rotatable bonds is 8. The topological polar surface area (TPSA) is 79.8 Å². The number of hydrazone groups is 1. The summed E-state index contributed by atoms with van der Waals surface area (Å²) in [5.74, 6) is 0.102. The zero-order valence-corrected chi connectivity index (χ0v) is 16.0. The smallest absolute Gasteiger partial charge is 0.240 e. The standard InChI is InChI=1S/C20H22ClN3O3/c1-14(23-24-19(25)11-8-15-6-4-3-5-7-15)12-20(26)22-18-13-16(27-2)9-10-17(18)21/h3-7,9-10,13H,8,11-12H2,1-2H3,(H,22,26)(H,24,25)/b23-14-. The van der Waals surface area contributed by atoms with E-state index in [9.17, 15) is 9.59 Å². The van der Waals surface area contributed by atoms with E-state index < -0.39 is 0 Å². The van der Waals surface area contributed by atoms with Crippen molar-refractivity contribution < 1.29 is 14.3 Å². The van der Waals surface area contributed by atoms with Crippen LogP contribution in [0.25, 0.3) is 0 Å². The van der Waals surface area contributed by atoms with Crippen molar-refractivity contribution in [2.45, 2.75) is 26.2 Å². The summed E-state index contributed by atoms with van der Waals surface area (Å²) in [5, 5.41) is 7.09. The molecule has 0 heterocycles. The summed E-state index contributed by atoms with van der Waals surface area (Å²) in [6.45, 7) is 1.67. The van der Waals surface area contributed by atoms with Crippen LogP contribution in [0.4, 0.5) is 5.69 Å². The zero-order chi connectivity index (χ0) is 19.6. The van der Waals surface area contributed by atoms with E-state index in [1.165, 1.54) is 7.11 Å². The predicted octanol–water partition coefficient (Wildman–Crippen LogP) is 3.80. The first kappa shape index (κ1) is 20.5. The number of hydrogen-bond donors (Lipinski definition) is 2. The van der Waals surface area contributed by atoms with E-state index in [1.54, 1.807) is 25.1 Å². The second kappa shape index (κ2) is 10.3. The highest BCUT2D eigenvalue weighted by Crippen LogP contribution is 2.26. The highest BCUT2D eigenvalue weighted by atomic mass is 35.5. The lowest BCUT2D eigenvalue weighted by Crippen LogP contribution is -2.21. The molecule has 0 bridgehead atoms. The Morgan fingerprint density at radius 2 is 1.85 bits per heavy atom. The van der Waals surface area contributed by atoms with Gasteiger partial charge in [0, 0.05) is 18.2 Å². The summed E-state index contributed by atoms with van der Waals surface area (Å²) in [7, 11) is 1.53. The Morgan fingerprint density at radius 3 is 2.56 bits per heavy atom. The van der Waals surface area contributed by atoms with Gasteiger partial charge >= 0.3 is 0 Å². The zero-order valence-electron chi connectivity index (χ0n) is 15.3. The molecule has 0 aromatic heterocycles. The number of methoxy groups -OCH3 is 1. The van der Waals surface area contributed by atoms with Gasteiger partial charge in [-0.05, 0) is 31.0 Å². The number of hydrogen-bond acceptors (Lipinski definition) is 4. The van der Waals surface area contributed by atoms with Crippen LogP contribution in [0.5, 0.6) is 5.75 Å². The number of halogens is 1. The van der Waals surface area contributed by atoms with Crippen molar-refractivity contribution >= 4 is 34.8 Å². The molecule has 0 aliphatic rings. The van der Waals surface area contributed by atoms with Crippen LogP contribution < -0.4 is 15.5 Å². The molecule has 0 fully saturated rings. The number of anilines is 1. The van der Waals surface area contributed by atoms with Crippen LogP contribution >= 0.6 is 11.6 Å². The van der Waals surface area contributed by atoms with Crippen molar-refractivity contribution in [2.75, 3.05) is 12.4 Å². The molecule has 0 aliphatic heterocycles. The largest absolute Gasteiger partial charge is 0.497 e. The first-order valence-electron chi connectivity index (χ1n) is 8.47. The number of carbonyl (C=O) groups is 2. The van der Waals surface area contributed by atoms with Crippen molar-refractivity contribution in [1.82, 2.24) is 5.43 Å². The molecule has 2 rings (SSSR count). The van der Waals surface area contributed by atoms with E-state index in [1.807, 2.05) is 30.3 Å². The van der Waals surface area contributed by atoms with E-state index >= 15 is 0 Å². The third-order valence-corrected chi connectivity index (χ3v) is 4.05. The van der Waals surface area contributed by atoms with Gasteiger partial charge in [-0.25, -0.2) is 5.43 Å². The van der Waals surface area contributed by atoms with Crippen LogP contribution in [0, 0.1) is 0 Å². The number of benzene rings is 2. The van der Waals surface area contributed by atoms with Gasteiger partial charge in [0.25, 0.3) is 0 Å². The SMILES string of the molecule is COc1ccc(Cl)c(NC(=O)C/C(C)=N\NC(=O)CCc2ccccc2)c1. The van der Waals surface area contributed by atoms with Crippen molar-refractivity contribution in [3.8, 4) is 5.75 Å². The fourth-order valence-corrected chi connectivity index (χ4v) is 2.47. The molecule has 0 aliphatic carbocycles. The minimum absolute atomic E-state index is 0.0342. The lowest BCUT2D eigenvalue weighted by atomic mass is 10.1. The van der Waals surface area contributed by atoms with E-state index in [0.717, 1.165) is 5.56 Å². The van der Waals surface area contributed by atoms with Gasteiger partial charge in [-0.2, -0.15) is 5.10 Å². The Morgan fingerprint density at radius 1 is 1.11 bits per heavy atom. The molecule has 0 unspecified atom stereocenters. The monoisotopic (exact) mass is 387 g/mol. The van der Waals surface area contributed by atoms with Gasteiger partial charge in [0.05, 0.1) is 24.2 Å². The normalized spacial score (nSPS) is 11.0. The summed E-state index contributed by atoms with van der Waals surface area (Å²) in [6.07, 6.45) is 0.995. The molecule has 0 saturated heterocycles. The number of carbonyl (C=O) groups excluding carboxylic acids is 2. The van der Waals surface area contributed by atoms with Crippen LogP contribution in [0.1, 0.15) is 25.3 Å². The van der Waals surface area contributed by atoms with Crippen molar-refractivity contribution in [3.63, 3.8) is 0 Å². The number of ether oxygens (including phenoxy) is 1. The van der Waals surface area contributed by atoms with Crippen molar-refractivity contribution in [1.29, 1.82) is 0 Å². The maximum atomic E-state index is 12.1. The Balaban J connectivity index is 1.80. The molecule has 7 heteroatoms. The molecule has 142 valence electrons. The number of nitrogens with one attached hydrogen (secondary N) is 2. The van der Waals surface area contributed by atoms with Crippen LogP contribution in [0.15, 0.2) is 53.6 Å². The molecule has 2 aromatic rings. The fraction of sp³-hybridized carbons (Fsp3) is 0.250. The third-order valence-electron chi connectivity index (χ3n) is 3.72. The second-order valence-corrected chi connectivity index (χ2v) is 6.35. The van der Waals surface area contributed by atoms with Gasteiger partial charge < -0.3 is 10.1 Å². The summed E-state index contributed by atoms with van der Waals surface area (Å²) >= 11 is 6.06. The Bertz CT molecular complexity index is 822. The molecule has 27 heavy (non-hydrogen) atoms. The van der Waals surface area contributed by atoms with Crippen LogP contribution in [0.2, 0.25) is 5.02 Å². The maximum Gasteiger partial charge on any atom is 0.240 e. The first-order chi connectivity index (χ1) is 13.0. The van der Waals surface area contributed by atoms with Crippen LogP contribution in [-0.2, 0) is 16.0 Å². The van der Waals surface area contributed by atoms with Gasteiger partial charge in [0.1, 0.15) is 5.75 Å².